The topological polar surface area (TPSA) is 117 Å². The van der Waals surface area contributed by atoms with Gasteiger partial charge in [0.1, 0.15) is 11.5 Å². The zero-order valence-electron chi connectivity index (χ0n) is 24.0. The zero-order valence-corrected chi connectivity index (χ0v) is 24.0. The Hall–Kier alpha value is -2.65. The molecule has 4 rings (SSSR count). The van der Waals surface area contributed by atoms with E-state index in [1.165, 1.54) is 69.3 Å². The van der Waals surface area contributed by atoms with Crippen molar-refractivity contribution in [1.29, 1.82) is 0 Å². The highest BCUT2D eigenvalue weighted by molar-refractivity contribution is 5.98. The van der Waals surface area contributed by atoms with Crippen LogP contribution in [0.2, 0.25) is 0 Å². The summed E-state index contributed by atoms with van der Waals surface area (Å²) in [5.74, 6) is 0.680. The quantitative estimate of drug-likeness (QED) is 0.238. The number of aliphatic hydroxyl groups excluding tert-OH is 2. The highest BCUT2D eigenvalue weighted by Crippen LogP contribution is 2.27. The van der Waals surface area contributed by atoms with E-state index < -0.39 is 11.6 Å². The van der Waals surface area contributed by atoms with E-state index >= 15 is 0 Å². The first-order valence-electron chi connectivity index (χ1n) is 14.3. The number of nitrogens with zero attached hydrogens (tertiary/aromatic N) is 3. The van der Waals surface area contributed by atoms with Crippen molar-refractivity contribution in [1.82, 2.24) is 9.97 Å². The van der Waals surface area contributed by atoms with Crippen molar-refractivity contribution in [3.63, 3.8) is 0 Å². The summed E-state index contributed by atoms with van der Waals surface area (Å²) in [6.45, 7) is 8.35. The van der Waals surface area contributed by atoms with Crippen molar-refractivity contribution in [3.05, 3.63) is 41.7 Å². The molecular formula is C30H47F2N5O2. The number of hydrogen-bond acceptors (Lipinski definition) is 6. The first-order valence-corrected chi connectivity index (χ1v) is 14.3. The Kier molecular flexibility index (Phi) is 14.3. The summed E-state index contributed by atoms with van der Waals surface area (Å²) in [7, 11) is 0. The summed E-state index contributed by atoms with van der Waals surface area (Å²) in [6, 6.07) is 3.65. The van der Waals surface area contributed by atoms with Gasteiger partial charge in [-0.25, -0.2) is 23.7 Å². The first-order chi connectivity index (χ1) is 18.6. The van der Waals surface area contributed by atoms with Gasteiger partial charge in [-0.2, -0.15) is 0 Å². The fourth-order valence-electron chi connectivity index (χ4n) is 4.51. The summed E-state index contributed by atoms with van der Waals surface area (Å²) in [6.07, 6.45) is 13.3. The third-order valence-corrected chi connectivity index (χ3v) is 7.48. The molecule has 2 aromatic rings. The van der Waals surface area contributed by atoms with E-state index in [0.29, 0.717) is 29.7 Å². The number of aliphatic imine (C=N–C) groups is 1. The van der Waals surface area contributed by atoms with Crippen LogP contribution in [0.25, 0.3) is 0 Å². The Morgan fingerprint density at radius 3 is 2.21 bits per heavy atom. The number of aromatic nitrogens is 2. The van der Waals surface area contributed by atoms with Gasteiger partial charge in [-0.1, -0.05) is 58.9 Å². The molecule has 1 aromatic heterocycles. The molecule has 7 nitrogen and oxygen atoms in total. The molecule has 9 heteroatoms. The summed E-state index contributed by atoms with van der Waals surface area (Å²) in [5, 5.41) is 20.8. The molecule has 5 N–H and O–H groups in total. The second kappa shape index (κ2) is 17.1. The van der Waals surface area contributed by atoms with Crippen LogP contribution in [0.5, 0.6) is 0 Å². The predicted molar refractivity (Wildman–Crippen MR) is 155 cm³/mol. The lowest BCUT2D eigenvalue weighted by Crippen LogP contribution is -2.21. The van der Waals surface area contributed by atoms with Crippen LogP contribution in [0.15, 0.2) is 29.4 Å². The molecule has 0 spiro atoms. The molecule has 0 amide bonds. The van der Waals surface area contributed by atoms with Gasteiger partial charge >= 0.3 is 0 Å². The Bertz CT molecular complexity index is 1000. The third-order valence-electron chi connectivity index (χ3n) is 7.48. The van der Waals surface area contributed by atoms with E-state index in [0.717, 1.165) is 25.2 Å². The predicted octanol–water partition coefficient (Wildman–Crippen LogP) is 6.95. The number of rotatable bonds is 5. The summed E-state index contributed by atoms with van der Waals surface area (Å²) < 4.78 is 27.7. The second-order valence-electron chi connectivity index (χ2n) is 10.8. The van der Waals surface area contributed by atoms with Crippen LogP contribution in [-0.2, 0) is 0 Å². The lowest BCUT2D eigenvalue weighted by Gasteiger charge is -2.23. The maximum atomic E-state index is 13.8. The second-order valence-corrected chi connectivity index (χ2v) is 10.8. The molecule has 1 aromatic carbocycles. The number of nitrogens with two attached hydrogens (primary N) is 1. The molecule has 2 aliphatic rings. The molecule has 0 radical (unpaired) electrons. The van der Waals surface area contributed by atoms with E-state index in [9.17, 15) is 8.78 Å². The van der Waals surface area contributed by atoms with Crippen LogP contribution < -0.4 is 11.1 Å². The van der Waals surface area contributed by atoms with Gasteiger partial charge in [0, 0.05) is 12.5 Å². The average molecular weight is 548 g/mol. The molecular weight excluding hydrogens is 500 g/mol. The maximum absolute atomic E-state index is 13.8. The molecule has 1 atom stereocenters. The van der Waals surface area contributed by atoms with Crippen molar-refractivity contribution in [3.8, 4) is 0 Å². The van der Waals surface area contributed by atoms with Gasteiger partial charge in [-0.15, -0.1) is 0 Å². The zero-order chi connectivity index (χ0) is 28.8. The Balaban J connectivity index is 0.000000269. The lowest BCUT2D eigenvalue weighted by atomic mass is 9.84. The van der Waals surface area contributed by atoms with Gasteiger partial charge in [-0.3, -0.25) is 0 Å². The van der Waals surface area contributed by atoms with Crippen LogP contribution >= 0.6 is 0 Å². The summed E-state index contributed by atoms with van der Waals surface area (Å²) in [4.78, 5) is 12.1. The van der Waals surface area contributed by atoms with Gasteiger partial charge in [0.25, 0.3) is 0 Å². The maximum Gasteiger partial charge on any atom is 0.220 e. The number of aliphatic hydroxyl groups is 2. The summed E-state index contributed by atoms with van der Waals surface area (Å²) >= 11 is 0. The largest absolute Gasteiger partial charge is 0.396 e. The molecule has 2 aliphatic carbocycles. The third kappa shape index (κ3) is 11.5. The van der Waals surface area contributed by atoms with Gasteiger partial charge in [0.2, 0.25) is 5.95 Å². The molecule has 218 valence electrons. The molecule has 0 aliphatic heterocycles. The molecule has 1 unspecified atom stereocenters. The molecule has 2 saturated carbocycles. The standard InChI is InChI=1S/C16H19F2N5.C8H16O.C6H12O/c1-4-9(2)15(22-13-8-20-16(19)21-10(13)3)23-14-11(17)6-5-7-12(14)18;1-7-2-4-8(6-9)5-3-7;7-6-4-2-1-3-5-6/h5-9H,4H2,1-3H3,(H,22,23)(H2,19,20,21);7-9H,2-6H2,1H3;6-7H,1-5H2. The van der Waals surface area contributed by atoms with E-state index in [-0.39, 0.29) is 23.7 Å². The molecule has 39 heavy (non-hydrogen) atoms. The number of halogens is 2. The van der Waals surface area contributed by atoms with Crippen molar-refractivity contribution in [2.24, 2.45) is 22.7 Å². The fourth-order valence-corrected chi connectivity index (χ4v) is 4.51. The molecule has 0 bridgehead atoms. The number of anilines is 2. The minimum atomic E-state index is -0.710. The normalized spacial score (nSPS) is 20.7. The first kappa shape index (κ1) is 32.6. The molecule has 1 heterocycles. The molecule has 2 fully saturated rings. The van der Waals surface area contributed by atoms with Crippen LogP contribution in [0.4, 0.5) is 26.1 Å². The number of para-hydroxylation sites is 1. The number of hydrogen-bond donors (Lipinski definition) is 4. The number of nitrogen functional groups attached to an aromatic ring is 1. The van der Waals surface area contributed by atoms with Crippen molar-refractivity contribution in [2.75, 3.05) is 17.7 Å². The number of benzene rings is 1. The van der Waals surface area contributed by atoms with Gasteiger partial charge < -0.3 is 21.3 Å². The Morgan fingerprint density at radius 2 is 1.72 bits per heavy atom. The fraction of sp³-hybridized carbons (Fsp3) is 0.633. The van der Waals surface area contributed by atoms with Gasteiger partial charge in [0.15, 0.2) is 11.6 Å². The van der Waals surface area contributed by atoms with Gasteiger partial charge in [-0.05, 0) is 63.0 Å². The van der Waals surface area contributed by atoms with E-state index in [1.54, 1.807) is 6.92 Å². The van der Waals surface area contributed by atoms with Crippen molar-refractivity contribution >= 4 is 23.2 Å². The van der Waals surface area contributed by atoms with Crippen LogP contribution in [-0.4, -0.2) is 38.7 Å². The van der Waals surface area contributed by atoms with Crippen LogP contribution in [0, 0.1) is 36.3 Å². The van der Waals surface area contributed by atoms with E-state index in [4.69, 9.17) is 15.9 Å². The number of nitrogens with one attached hydrogen (secondary N) is 1. The van der Waals surface area contributed by atoms with Crippen molar-refractivity contribution in [2.45, 2.75) is 98.0 Å². The monoisotopic (exact) mass is 547 g/mol. The number of amidine groups is 1. The highest BCUT2D eigenvalue weighted by atomic mass is 19.1. The minimum Gasteiger partial charge on any atom is -0.396 e. The average Bonchev–Trinajstić information content (AvgIpc) is 2.92. The van der Waals surface area contributed by atoms with E-state index in [2.05, 4.69) is 27.2 Å². The molecule has 0 saturated heterocycles. The van der Waals surface area contributed by atoms with Gasteiger partial charge in [0.05, 0.1) is 23.7 Å². The Morgan fingerprint density at radius 1 is 1.10 bits per heavy atom. The minimum absolute atomic E-state index is 0.0359. The number of aryl methyl sites for hydroxylation is 1. The SMILES string of the molecule is CC1CCC(CO)CC1.CCC(C)C(=Nc1c(F)cccc1F)Nc1cnc(N)nc1C.OC1CCCCC1. The van der Waals surface area contributed by atoms with Crippen LogP contribution in [0.3, 0.4) is 0 Å². The Labute approximate surface area is 232 Å². The van der Waals surface area contributed by atoms with E-state index in [1.807, 2.05) is 13.8 Å². The summed E-state index contributed by atoms with van der Waals surface area (Å²) in [5.41, 5.74) is 6.43. The lowest BCUT2D eigenvalue weighted by molar-refractivity contribution is 0.130. The van der Waals surface area contributed by atoms with Crippen molar-refractivity contribution < 1.29 is 19.0 Å². The smallest absolute Gasteiger partial charge is 0.220 e. The highest BCUT2D eigenvalue weighted by Gasteiger charge is 2.17. The van der Waals surface area contributed by atoms with Crippen LogP contribution in [0.1, 0.15) is 90.7 Å².